The van der Waals surface area contributed by atoms with Crippen LogP contribution in [0.4, 0.5) is 0 Å². The fourth-order valence-electron chi connectivity index (χ4n) is 1.66. The molecule has 0 spiro atoms. The summed E-state index contributed by atoms with van der Waals surface area (Å²) in [6.45, 7) is 0.361. The topological polar surface area (TPSA) is 153 Å². The van der Waals surface area contributed by atoms with E-state index in [1.54, 1.807) is 0 Å². The molecule has 0 aromatic carbocycles. The molecule has 0 radical (unpaired) electrons. The summed E-state index contributed by atoms with van der Waals surface area (Å²) in [5.74, 6) is -1.85. The van der Waals surface area contributed by atoms with Gasteiger partial charge in [0.05, 0.1) is 5.69 Å². The molecule has 0 fully saturated rings. The van der Waals surface area contributed by atoms with Crippen molar-refractivity contribution in [3.8, 4) is 0 Å². The maximum atomic E-state index is 11.6. The van der Waals surface area contributed by atoms with Gasteiger partial charge in [-0.1, -0.05) is 0 Å². The van der Waals surface area contributed by atoms with E-state index in [2.05, 4.69) is 10.3 Å². The molecule has 1 aromatic heterocycles. The molecule has 1 atom stereocenters. The Labute approximate surface area is 121 Å². The number of imidazole rings is 1. The number of rotatable bonds is 8. The van der Waals surface area contributed by atoms with E-state index in [4.69, 9.17) is 16.6 Å². The molecule has 116 valence electrons. The molecule has 9 nitrogen and oxygen atoms in total. The molecule has 0 unspecified atom stereocenters. The fraction of sp³-hybridized carbons (Fsp3) is 0.500. The Balaban J connectivity index is 2.69. The van der Waals surface area contributed by atoms with Crippen LogP contribution in [-0.4, -0.2) is 51.6 Å². The van der Waals surface area contributed by atoms with Crippen LogP contribution in [0.3, 0.4) is 0 Å². The van der Waals surface area contributed by atoms with Crippen molar-refractivity contribution in [3.05, 3.63) is 18.2 Å². The largest absolute Gasteiger partial charge is 0.480 e. The number of carboxylic acids is 1. The molecule has 9 heteroatoms. The molecule has 6 N–H and O–H groups in total. The minimum Gasteiger partial charge on any atom is -0.480 e. The first kappa shape index (κ1) is 16.8. The van der Waals surface area contributed by atoms with Crippen molar-refractivity contribution >= 4 is 17.8 Å². The van der Waals surface area contributed by atoms with Gasteiger partial charge in [0.1, 0.15) is 12.4 Å². The molecule has 21 heavy (non-hydrogen) atoms. The molecule has 1 aromatic rings. The number of nitrogens with one attached hydrogen (secondary N) is 1. The van der Waals surface area contributed by atoms with Crippen molar-refractivity contribution in [1.82, 2.24) is 14.9 Å². The third kappa shape index (κ3) is 5.32. The number of aromatic nitrogens is 2. The molecule has 1 heterocycles. The van der Waals surface area contributed by atoms with E-state index < -0.39 is 17.9 Å². The smallest absolute Gasteiger partial charge is 0.326 e. The highest BCUT2D eigenvalue weighted by Crippen LogP contribution is 2.03. The van der Waals surface area contributed by atoms with Gasteiger partial charge in [-0.05, 0) is 0 Å². The summed E-state index contributed by atoms with van der Waals surface area (Å²) in [5, 5.41) is 11.4. The standard InChI is InChI=1S/C12H19N5O4/c13-3-1-10(18)16-9(12(20)21)5-8-6-17(7-15-8)11(19)2-4-14/h6-7,9H,1-5,13-14H2,(H,16,18)(H,20,21)/t9-/m0/s1. The van der Waals surface area contributed by atoms with E-state index in [1.165, 1.54) is 17.1 Å². The Hall–Kier alpha value is -2.26. The van der Waals surface area contributed by atoms with Crippen LogP contribution < -0.4 is 16.8 Å². The van der Waals surface area contributed by atoms with Gasteiger partial charge in [-0.2, -0.15) is 0 Å². The Morgan fingerprint density at radius 1 is 1.29 bits per heavy atom. The highest BCUT2D eigenvalue weighted by molar-refractivity contribution is 5.83. The normalized spacial score (nSPS) is 11.9. The van der Waals surface area contributed by atoms with Crippen LogP contribution in [0.2, 0.25) is 0 Å². The van der Waals surface area contributed by atoms with E-state index in [-0.39, 0.29) is 38.3 Å². The molecular formula is C12H19N5O4. The van der Waals surface area contributed by atoms with Crippen LogP contribution in [0.5, 0.6) is 0 Å². The maximum Gasteiger partial charge on any atom is 0.326 e. The van der Waals surface area contributed by atoms with Gasteiger partial charge < -0.3 is 21.9 Å². The van der Waals surface area contributed by atoms with Gasteiger partial charge in [0.25, 0.3) is 0 Å². The van der Waals surface area contributed by atoms with E-state index in [0.717, 1.165) is 0 Å². The Morgan fingerprint density at radius 3 is 2.52 bits per heavy atom. The van der Waals surface area contributed by atoms with Crippen molar-refractivity contribution in [2.75, 3.05) is 13.1 Å². The monoisotopic (exact) mass is 297 g/mol. The number of hydrogen-bond donors (Lipinski definition) is 4. The number of nitrogens with zero attached hydrogens (tertiary/aromatic N) is 2. The number of hydrogen-bond acceptors (Lipinski definition) is 6. The van der Waals surface area contributed by atoms with Crippen LogP contribution in [0.25, 0.3) is 0 Å². The molecule has 1 amide bonds. The molecular weight excluding hydrogens is 278 g/mol. The zero-order valence-electron chi connectivity index (χ0n) is 11.5. The lowest BCUT2D eigenvalue weighted by Gasteiger charge is -2.12. The summed E-state index contributed by atoms with van der Waals surface area (Å²) < 4.78 is 1.25. The molecule has 0 bridgehead atoms. The zero-order chi connectivity index (χ0) is 15.8. The molecule has 0 aliphatic carbocycles. The van der Waals surface area contributed by atoms with Crippen LogP contribution >= 0.6 is 0 Å². The SMILES string of the molecule is NCCC(=O)N[C@@H](Cc1cn(C(=O)CCN)cn1)C(=O)O. The van der Waals surface area contributed by atoms with Crippen molar-refractivity contribution in [1.29, 1.82) is 0 Å². The third-order valence-electron chi connectivity index (χ3n) is 2.70. The first-order chi connectivity index (χ1) is 9.97. The van der Waals surface area contributed by atoms with Crippen molar-refractivity contribution < 1.29 is 19.5 Å². The molecule has 1 rings (SSSR count). The lowest BCUT2D eigenvalue weighted by Crippen LogP contribution is -2.42. The number of carboxylic acid groups (broad SMARTS) is 1. The number of carbonyl (C=O) groups is 3. The second-order valence-electron chi connectivity index (χ2n) is 4.41. The highest BCUT2D eigenvalue weighted by atomic mass is 16.4. The van der Waals surface area contributed by atoms with Crippen LogP contribution in [0.15, 0.2) is 12.5 Å². The minimum absolute atomic E-state index is 0.0193. The van der Waals surface area contributed by atoms with Crippen LogP contribution in [-0.2, 0) is 16.0 Å². The number of nitrogens with two attached hydrogens (primary N) is 2. The van der Waals surface area contributed by atoms with Crippen LogP contribution in [0, 0.1) is 0 Å². The first-order valence-electron chi connectivity index (χ1n) is 6.46. The third-order valence-corrected chi connectivity index (χ3v) is 2.70. The maximum absolute atomic E-state index is 11.6. The Kier molecular flexibility index (Phi) is 6.50. The quantitative estimate of drug-likeness (QED) is 0.447. The second kappa shape index (κ2) is 8.12. The average Bonchev–Trinajstić information content (AvgIpc) is 2.87. The minimum atomic E-state index is -1.18. The van der Waals surface area contributed by atoms with E-state index >= 15 is 0 Å². The molecule has 0 saturated carbocycles. The number of amides is 1. The molecule has 0 aliphatic rings. The predicted octanol–water partition coefficient (Wildman–Crippen LogP) is -1.67. The molecule has 0 saturated heterocycles. The van der Waals surface area contributed by atoms with Crippen molar-refractivity contribution in [2.24, 2.45) is 11.5 Å². The molecule has 0 aliphatic heterocycles. The average molecular weight is 297 g/mol. The summed E-state index contributed by atoms with van der Waals surface area (Å²) in [5.41, 5.74) is 10.9. The van der Waals surface area contributed by atoms with E-state index in [1.807, 2.05) is 0 Å². The number of carbonyl (C=O) groups excluding carboxylic acids is 2. The summed E-state index contributed by atoms with van der Waals surface area (Å²) in [7, 11) is 0. The van der Waals surface area contributed by atoms with Gasteiger partial charge in [-0.15, -0.1) is 0 Å². The van der Waals surface area contributed by atoms with Crippen molar-refractivity contribution in [3.63, 3.8) is 0 Å². The van der Waals surface area contributed by atoms with Gasteiger partial charge in [-0.3, -0.25) is 14.2 Å². The lowest BCUT2D eigenvalue weighted by atomic mass is 10.1. The van der Waals surface area contributed by atoms with Gasteiger partial charge in [0.2, 0.25) is 11.8 Å². The lowest BCUT2D eigenvalue weighted by molar-refractivity contribution is -0.141. The number of aliphatic carboxylic acids is 1. The van der Waals surface area contributed by atoms with E-state index in [0.29, 0.717) is 5.69 Å². The summed E-state index contributed by atoms with van der Waals surface area (Å²) in [6.07, 6.45) is 2.93. The van der Waals surface area contributed by atoms with Crippen LogP contribution in [0.1, 0.15) is 23.3 Å². The highest BCUT2D eigenvalue weighted by Gasteiger charge is 2.21. The summed E-state index contributed by atoms with van der Waals surface area (Å²) >= 11 is 0. The van der Waals surface area contributed by atoms with Crippen molar-refractivity contribution in [2.45, 2.75) is 25.3 Å². The predicted molar refractivity (Wildman–Crippen MR) is 73.5 cm³/mol. The second-order valence-corrected chi connectivity index (χ2v) is 4.41. The Morgan fingerprint density at radius 2 is 1.95 bits per heavy atom. The first-order valence-corrected chi connectivity index (χ1v) is 6.46. The van der Waals surface area contributed by atoms with Gasteiger partial charge in [-0.25, -0.2) is 9.78 Å². The zero-order valence-corrected chi connectivity index (χ0v) is 11.5. The van der Waals surface area contributed by atoms with Gasteiger partial charge in [0, 0.05) is 38.5 Å². The van der Waals surface area contributed by atoms with E-state index in [9.17, 15) is 14.4 Å². The summed E-state index contributed by atoms with van der Waals surface area (Å²) in [4.78, 5) is 38.1. The fourth-order valence-corrected chi connectivity index (χ4v) is 1.66. The van der Waals surface area contributed by atoms with Gasteiger partial charge >= 0.3 is 5.97 Å². The summed E-state index contributed by atoms with van der Waals surface area (Å²) in [6, 6.07) is -1.11. The van der Waals surface area contributed by atoms with Gasteiger partial charge in [0.15, 0.2) is 0 Å². The Bertz CT molecular complexity index is 514.